The molecule has 2 rings (SSSR count). The zero-order chi connectivity index (χ0) is 10.9. The van der Waals surface area contributed by atoms with Crippen LogP contribution in [0, 0.1) is 5.92 Å². The van der Waals surface area contributed by atoms with E-state index in [1.807, 2.05) is 30.3 Å². The first kappa shape index (κ1) is 10.5. The molecule has 1 aliphatic carbocycles. The number of hydrogen-bond donors (Lipinski definition) is 0. The topological polar surface area (TPSA) is 26.3 Å². The van der Waals surface area contributed by atoms with E-state index in [-0.39, 0.29) is 11.9 Å². The largest absolute Gasteiger partial charge is 0.466 e. The van der Waals surface area contributed by atoms with Crippen LogP contribution in [0.1, 0.15) is 18.9 Å². The van der Waals surface area contributed by atoms with Crippen LogP contribution >= 0.6 is 11.6 Å². The van der Waals surface area contributed by atoms with Gasteiger partial charge in [-0.25, -0.2) is 0 Å². The van der Waals surface area contributed by atoms with Gasteiger partial charge >= 0.3 is 5.97 Å². The van der Waals surface area contributed by atoms with Crippen molar-refractivity contribution in [2.45, 2.75) is 18.2 Å². The minimum absolute atomic E-state index is 0.179. The van der Waals surface area contributed by atoms with Gasteiger partial charge in [-0.1, -0.05) is 30.3 Å². The second-order valence-electron chi connectivity index (χ2n) is 3.74. The van der Waals surface area contributed by atoms with Gasteiger partial charge in [-0.3, -0.25) is 4.79 Å². The smallest absolute Gasteiger partial charge is 0.311 e. The zero-order valence-corrected chi connectivity index (χ0v) is 9.33. The molecule has 2 unspecified atom stereocenters. The first-order valence-electron chi connectivity index (χ1n) is 5.09. The number of benzene rings is 1. The molecule has 80 valence electrons. The SMILES string of the molecule is CCOC(=O)C1CC1(Cl)c1ccccc1. The van der Waals surface area contributed by atoms with Crippen LogP contribution in [0.2, 0.25) is 0 Å². The van der Waals surface area contributed by atoms with E-state index in [0.29, 0.717) is 13.0 Å². The third kappa shape index (κ3) is 1.86. The van der Waals surface area contributed by atoms with Gasteiger partial charge in [0.25, 0.3) is 0 Å². The molecule has 0 aromatic heterocycles. The predicted octanol–water partition coefficient (Wildman–Crippen LogP) is 2.70. The Morgan fingerprint density at radius 3 is 2.80 bits per heavy atom. The van der Waals surface area contributed by atoms with E-state index in [0.717, 1.165) is 5.56 Å². The van der Waals surface area contributed by atoms with Crippen molar-refractivity contribution >= 4 is 17.6 Å². The van der Waals surface area contributed by atoms with Crippen LogP contribution in [0.5, 0.6) is 0 Å². The Morgan fingerprint density at radius 1 is 1.53 bits per heavy atom. The van der Waals surface area contributed by atoms with Crippen LogP contribution < -0.4 is 0 Å². The summed E-state index contributed by atoms with van der Waals surface area (Å²) in [6.07, 6.45) is 0.678. The second kappa shape index (κ2) is 3.86. The first-order valence-corrected chi connectivity index (χ1v) is 5.47. The molecule has 0 amide bonds. The van der Waals surface area contributed by atoms with Crippen LogP contribution in [-0.2, 0) is 14.4 Å². The Labute approximate surface area is 94.2 Å². The Kier molecular flexibility index (Phi) is 2.70. The number of halogens is 1. The van der Waals surface area contributed by atoms with Crippen molar-refractivity contribution in [3.8, 4) is 0 Å². The highest BCUT2D eigenvalue weighted by Gasteiger charge is 2.59. The van der Waals surface area contributed by atoms with E-state index >= 15 is 0 Å². The van der Waals surface area contributed by atoms with Crippen molar-refractivity contribution < 1.29 is 9.53 Å². The van der Waals surface area contributed by atoms with Crippen molar-refractivity contribution in [3.63, 3.8) is 0 Å². The summed E-state index contributed by atoms with van der Waals surface area (Å²) in [5.41, 5.74) is 1.00. The van der Waals surface area contributed by atoms with Crippen molar-refractivity contribution in [3.05, 3.63) is 35.9 Å². The minimum Gasteiger partial charge on any atom is -0.466 e. The molecule has 0 spiro atoms. The molecule has 1 saturated carbocycles. The fraction of sp³-hybridized carbons (Fsp3) is 0.417. The summed E-state index contributed by atoms with van der Waals surface area (Å²) < 4.78 is 4.96. The summed E-state index contributed by atoms with van der Waals surface area (Å²) in [6, 6.07) is 9.70. The summed E-state index contributed by atoms with van der Waals surface area (Å²) in [4.78, 5) is 11.0. The molecule has 0 heterocycles. The number of rotatable bonds is 3. The molecule has 0 bridgehead atoms. The number of alkyl halides is 1. The number of esters is 1. The van der Waals surface area contributed by atoms with E-state index in [1.54, 1.807) is 6.92 Å². The summed E-state index contributed by atoms with van der Waals surface area (Å²) in [7, 11) is 0. The lowest BCUT2D eigenvalue weighted by molar-refractivity contribution is -0.144. The molecule has 1 aromatic carbocycles. The molecule has 2 atom stereocenters. The first-order chi connectivity index (χ1) is 7.18. The Balaban J connectivity index is 2.10. The van der Waals surface area contributed by atoms with Crippen LogP contribution in [0.25, 0.3) is 0 Å². The van der Waals surface area contributed by atoms with Gasteiger partial charge in [0.05, 0.1) is 17.4 Å². The van der Waals surface area contributed by atoms with Crippen molar-refractivity contribution in [1.82, 2.24) is 0 Å². The van der Waals surface area contributed by atoms with Gasteiger partial charge in [0.15, 0.2) is 0 Å². The van der Waals surface area contributed by atoms with Crippen LogP contribution in [0.4, 0.5) is 0 Å². The van der Waals surface area contributed by atoms with Gasteiger partial charge in [0, 0.05) is 0 Å². The van der Waals surface area contributed by atoms with Crippen LogP contribution in [-0.4, -0.2) is 12.6 Å². The predicted molar refractivity (Wildman–Crippen MR) is 58.7 cm³/mol. The fourth-order valence-corrected chi connectivity index (χ4v) is 2.15. The Morgan fingerprint density at radius 2 is 2.20 bits per heavy atom. The standard InChI is InChI=1S/C12H13ClO2/c1-2-15-11(14)10-8-12(10,13)9-6-4-3-5-7-9/h3-7,10H,2,8H2,1H3. The van der Waals surface area contributed by atoms with Gasteiger partial charge in [0.1, 0.15) is 0 Å². The highest BCUT2D eigenvalue weighted by Crippen LogP contribution is 2.58. The zero-order valence-electron chi connectivity index (χ0n) is 8.57. The average molecular weight is 225 g/mol. The third-order valence-corrected chi connectivity index (χ3v) is 3.35. The van der Waals surface area contributed by atoms with Crippen LogP contribution in [0.3, 0.4) is 0 Å². The lowest BCUT2D eigenvalue weighted by Crippen LogP contribution is -2.12. The van der Waals surface area contributed by atoms with E-state index in [4.69, 9.17) is 16.3 Å². The molecule has 1 fully saturated rings. The maximum absolute atomic E-state index is 11.5. The van der Waals surface area contributed by atoms with Gasteiger partial charge in [-0.05, 0) is 18.9 Å². The maximum Gasteiger partial charge on any atom is 0.311 e. The molecule has 15 heavy (non-hydrogen) atoms. The lowest BCUT2D eigenvalue weighted by Gasteiger charge is -2.08. The number of hydrogen-bond acceptors (Lipinski definition) is 2. The van der Waals surface area contributed by atoms with E-state index in [1.165, 1.54) is 0 Å². The van der Waals surface area contributed by atoms with Crippen molar-refractivity contribution in [2.24, 2.45) is 5.92 Å². The average Bonchev–Trinajstić information content (AvgIpc) is 2.94. The Hall–Kier alpha value is -1.02. The summed E-state index contributed by atoms with van der Waals surface area (Å²) in [5, 5.41) is 0. The highest BCUT2D eigenvalue weighted by atomic mass is 35.5. The van der Waals surface area contributed by atoms with Crippen molar-refractivity contribution in [1.29, 1.82) is 0 Å². The highest BCUT2D eigenvalue weighted by molar-refractivity contribution is 6.28. The normalized spacial score (nSPS) is 28.5. The number of carbonyl (C=O) groups excluding carboxylic acids is 1. The van der Waals surface area contributed by atoms with E-state index < -0.39 is 4.87 Å². The molecule has 2 nitrogen and oxygen atoms in total. The van der Waals surface area contributed by atoms with Crippen LogP contribution in [0.15, 0.2) is 30.3 Å². The number of ether oxygens (including phenoxy) is 1. The molecule has 0 N–H and O–H groups in total. The molecule has 3 heteroatoms. The molecule has 1 aromatic rings. The third-order valence-electron chi connectivity index (χ3n) is 2.72. The molecular formula is C12H13ClO2. The second-order valence-corrected chi connectivity index (χ2v) is 4.41. The monoisotopic (exact) mass is 224 g/mol. The van der Waals surface area contributed by atoms with E-state index in [2.05, 4.69) is 0 Å². The molecular weight excluding hydrogens is 212 g/mol. The molecule has 1 aliphatic rings. The van der Waals surface area contributed by atoms with Gasteiger partial charge in [-0.15, -0.1) is 11.6 Å². The van der Waals surface area contributed by atoms with Crippen molar-refractivity contribution in [2.75, 3.05) is 6.61 Å². The van der Waals surface area contributed by atoms with E-state index in [9.17, 15) is 4.79 Å². The number of carbonyl (C=O) groups is 1. The Bertz CT molecular complexity index is 363. The summed E-state index contributed by atoms with van der Waals surface area (Å²) in [5.74, 6) is -0.363. The molecule has 0 radical (unpaired) electrons. The molecule has 0 saturated heterocycles. The minimum atomic E-state index is -0.520. The van der Waals surface area contributed by atoms with Gasteiger partial charge in [-0.2, -0.15) is 0 Å². The summed E-state index contributed by atoms with van der Waals surface area (Å²) >= 11 is 6.37. The lowest BCUT2D eigenvalue weighted by atomic mass is 10.1. The summed E-state index contributed by atoms with van der Waals surface area (Å²) in [6.45, 7) is 2.22. The fourth-order valence-electron chi connectivity index (χ4n) is 1.79. The van der Waals surface area contributed by atoms with Gasteiger partial charge in [0.2, 0.25) is 0 Å². The molecule has 0 aliphatic heterocycles. The van der Waals surface area contributed by atoms with Gasteiger partial charge < -0.3 is 4.74 Å². The quantitative estimate of drug-likeness (QED) is 0.583. The maximum atomic E-state index is 11.5.